The number of benzene rings is 1. The van der Waals surface area contributed by atoms with Crippen LogP contribution in [0.3, 0.4) is 0 Å². The lowest BCUT2D eigenvalue weighted by atomic mass is 9.89. The van der Waals surface area contributed by atoms with Crippen LogP contribution < -0.4 is 4.74 Å². The maximum absolute atomic E-state index is 5.88. The summed E-state index contributed by atoms with van der Waals surface area (Å²) >= 11 is 0. The van der Waals surface area contributed by atoms with Crippen LogP contribution in [0.15, 0.2) is 48.8 Å². The number of pyridine rings is 1. The number of aromatic nitrogens is 1. The summed E-state index contributed by atoms with van der Waals surface area (Å²) in [6, 6.07) is 12.7. The van der Waals surface area contributed by atoms with Crippen LogP contribution in [-0.4, -0.2) is 36.1 Å². The van der Waals surface area contributed by atoms with Gasteiger partial charge in [-0.05, 0) is 42.0 Å². The quantitative estimate of drug-likeness (QED) is 0.869. The van der Waals surface area contributed by atoms with Crippen molar-refractivity contribution in [3.05, 3.63) is 59.9 Å². The van der Waals surface area contributed by atoms with Gasteiger partial charge in [0.25, 0.3) is 0 Å². The molecule has 2 aromatic rings. The molecule has 22 heavy (non-hydrogen) atoms. The van der Waals surface area contributed by atoms with Crippen molar-refractivity contribution < 1.29 is 4.74 Å². The van der Waals surface area contributed by atoms with Crippen molar-refractivity contribution in [2.24, 2.45) is 5.92 Å². The normalized spacial score (nSPS) is 22.3. The van der Waals surface area contributed by atoms with Crippen LogP contribution in [0.5, 0.6) is 5.75 Å². The Balaban J connectivity index is 1.34. The molecule has 0 saturated carbocycles. The molecule has 1 atom stereocenters. The Morgan fingerprint density at radius 3 is 2.91 bits per heavy atom. The highest BCUT2D eigenvalue weighted by atomic mass is 16.5. The van der Waals surface area contributed by atoms with E-state index in [0.717, 1.165) is 25.2 Å². The van der Waals surface area contributed by atoms with Gasteiger partial charge in [0.05, 0.1) is 6.61 Å². The SMILES string of the molecule is c1cncc(C2CN(CC3CCOc4ccccc4C3)C2)c1. The van der Waals surface area contributed by atoms with Crippen molar-refractivity contribution in [2.45, 2.75) is 18.8 Å². The van der Waals surface area contributed by atoms with Crippen LogP contribution in [0.2, 0.25) is 0 Å². The van der Waals surface area contributed by atoms with Crippen molar-refractivity contribution in [1.29, 1.82) is 0 Å². The molecule has 4 rings (SSSR count). The predicted molar refractivity (Wildman–Crippen MR) is 87.2 cm³/mol. The molecule has 2 aliphatic heterocycles. The first-order valence-corrected chi connectivity index (χ1v) is 8.21. The van der Waals surface area contributed by atoms with Crippen LogP contribution in [-0.2, 0) is 6.42 Å². The number of fused-ring (bicyclic) bond motifs is 1. The molecule has 0 aliphatic carbocycles. The van der Waals surface area contributed by atoms with Crippen LogP contribution in [0.1, 0.15) is 23.5 Å². The third-order valence-electron chi connectivity index (χ3n) is 4.89. The van der Waals surface area contributed by atoms with E-state index >= 15 is 0 Å². The summed E-state index contributed by atoms with van der Waals surface area (Å²) < 4.78 is 5.88. The molecular weight excluding hydrogens is 272 g/mol. The zero-order valence-corrected chi connectivity index (χ0v) is 12.8. The van der Waals surface area contributed by atoms with Gasteiger partial charge in [0.2, 0.25) is 0 Å². The van der Waals surface area contributed by atoms with Gasteiger partial charge in [-0.3, -0.25) is 4.98 Å². The molecule has 3 heteroatoms. The summed E-state index contributed by atoms with van der Waals surface area (Å²) in [7, 11) is 0. The molecule has 0 amide bonds. The standard InChI is InChI=1S/C19H22N2O/c1-2-6-19-16(4-1)10-15(7-9-22-19)12-21-13-18(14-21)17-5-3-8-20-11-17/h1-6,8,11,15,18H,7,9-10,12-14H2. The summed E-state index contributed by atoms with van der Waals surface area (Å²) in [5.74, 6) is 2.46. The van der Waals surface area contributed by atoms with E-state index in [-0.39, 0.29) is 0 Å². The molecule has 1 aromatic carbocycles. The van der Waals surface area contributed by atoms with Crippen LogP contribution in [0.25, 0.3) is 0 Å². The molecule has 3 nitrogen and oxygen atoms in total. The van der Waals surface area contributed by atoms with E-state index < -0.39 is 0 Å². The van der Waals surface area contributed by atoms with E-state index in [1.54, 1.807) is 0 Å². The first-order valence-electron chi connectivity index (χ1n) is 8.21. The lowest BCUT2D eigenvalue weighted by Gasteiger charge is -2.41. The van der Waals surface area contributed by atoms with Gasteiger partial charge in [-0.1, -0.05) is 24.3 Å². The number of likely N-dealkylation sites (tertiary alicyclic amines) is 1. The Hall–Kier alpha value is -1.87. The maximum atomic E-state index is 5.88. The Labute approximate surface area is 131 Å². The summed E-state index contributed by atoms with van der Waals surface area (Å²) in [6.45, 7) is 4.38. The van der Waals surface area contributed by atoms with E-state index in [1.807, 2.05) is 18.5 Å². The van der Waals surface area contributed by atoms with Gasteiger partial charge < -0.3 is 9.64 Å². The van der Waals surface area contributed by atoms with Crippen molar-refractivity contribution in [3.63, 3.8) is 0 Å². The summed E-state index contributed by atoms with van der Waals surface area (Å²) in [6.07, 6.45) is 6.16. The molecule has 1 aromatic heterocycles. The van der Waals surface area contributed by atoms with E-state index in [9.17, 15) is 0 Å². The highest BCUT2D eigenvalue weighted by molar-refractivity contribution is 5.34. The molecule has 0 bridgehead atoms. The monoisotopic (exact) mass is 294 g/mol. The summed E-state index contributed by atoms with van der Waals surface area (Å²) in [4.78, 5) is 6.81. The fourth-order valence-electron chi connectivity index (χ4n) is 3.63. The molecule has 0 spiro atoms. The van der Waals surface area contributed by atoms with Crippen LogP contribution in [0, 0.1) is 5.92 Å². The third-order valence-corrected chi connectivity index (χ3v) is 4.89. The summed E-state index contributed by atoms with van der Waals surface area (Å²) in [5.41, 5.74) is 2.75. The fourth-order valence-corrected chi connectivity index (χ4v) is 3.63. The number of nitrogens with zero attached hydrogens (tertiary/aromatic N) is 2. The van der Waals surface area contributed by atoms with Gasteiger partial charge in [-0.2, -0.15) is 0 Å². The van der Waals surface area contributed by atoms with E-state index in [0.29, 0.717) is 11.8 Å². The Morgan fingerprint density at radius 1 is 1.14 bits per heavy atom. The minimum Gasteiger partial charge on any atom is -0.493 e. The van der Waals surface area contributed by atoms with Gasteiger partial charge in [-0.15, -0.1) is 0 Å². The molecule has 0 radical (unpaired) electrons. The first-order chi connectivity index (χ1) is 10.9. The molecule has 1 saturated heterocycles. The second-order valence-corrected chi connectivity index (χ2v) is 6.52. The van der Waals surface area contributed by atoms with Crippen molar-refractivity contribution in [2.75, 3.05) is 26.2 Å². The van der Waals surface area contributed by atoms with Gasteiger partial charge in [-0.25, -0.2) is 0 Å². The average Bonchev–Trinajstić information content (AvgIpc) is 2.73. The number of hydrogen-bond donors (Lipinski definition) is 0. The number of para-hydroxylation sites is 1. The number of ether oxygens (including phenoxy) is 1. The molecule has 114 valence electrons. The third kappa shape index (κ3) is 2.86. The maximum Gasteiger partial charge on any atom is 0.122 e. The summed E-state index contributed by atoms with van der Waals surface area (Å²) in [5, 5.41) is 0. The van der Waals surface area contributed by atoms with E-state index in [1.165, 1.54) is 30.8 Å². The second kappa shape index (κ2) is 6.09. The zero-order valence-electron chi connectivity index (χ0n) is 12.8. The topological polar surface area (TPSA) is 25.4 Å². The molecular formula is C19H22N2O. The van der Waals surface area contributed by atoms with Crippen molar-refractivity contribution in [1.82, 2.24) is 9.88 Å². The Kier molecular flexibility index (Phi) is 3.81. The highest BCUT2D eigenvalue weighted by Gasteiger charge is 2.30. The van der Waals surface area contributed by atoms with Gasteiger partial charge in [0.15, 0.2) is 0 Å². The molecule has 1 unspecified atom stereocenters. The van der Waals surface area contributed by atoms with Crippen molar-refractivity contribution >= 4 is 0 Å². The first kappa shape index (κ1) is 13.8. The van der Waals surface area contributed by atoms with Gasteiger partial charge in [0.1, 0.15) is 5.75 Å². The molecule has 2 aliphatic rings. The van der Waals surface area contributed by atoms with Gasteiger partial charge in [0, 0.05) is 37.9 Å². The Bertz CT molecular complexity index is 622. The Morgan fingerprint density at radius 2 is 2.05 bits per heavy atom. The fraction of sp³-hybridized carbons (Fsp3) is 0.421. The van der Waals surface area contributed by atoms with Gasteiger partial charge >= 0.3 is 0 Å². The van der Waals surface area contributed by atoms with Crippen molar-refractivity contribution in [3.8, 4) is 5.75 Å². The minimum atomic E-state index is 0.669. The van der Waals surface area contributed by atoms with Crippen LogP contribution >= 0.6 is 0 Å². The molecule has 3 heterocycles. The lowest BCUT2D eigenvalue weighted by molar-refractivity contribution is 0.117. The zero-order chi connectivity index (χ0) is 14.8. The molecule has 1 fully saturated rings. The number of rotatable bonds is 3. The molecule has 0 N–H and O–H groups in total. The highest BCUT2D eigenvalue weighted by Crippen LogP contribution is 2.31. The lowest BCUT2D eigenvalue weighted by Crippen LogP contribution is -2.47. The average molecular weight is 294 g/mol. The minimum absolute atomic E-state index is 0.669. The van der Waals surface area contributed by atoms with Crippen LogP contribution in [0.4, 0.5) is 0 Å². The number of hydrogen-bond acceptors (Lipinski definition) is 3. The van der Waals surface area contributed by atoms with E-state index in [4.69, 9.17) is 4.74 Å². The second-order valence-electron chi connectivity index (χ2n) is 6.52. The largest absolute Gasteiger partial charge is 0.493 e. The smallest absolute Gasteiger partial charge is 0.122 e. The van der Waals surface area contributed by atoms with E-state index in [2.05, 4.69) is 40.2 Å². The predicted octanol–water partition coefficient (Wildman–Crippen LogP) is 3.12.